The second-order valence-electron chi connectivity index (χ2n) is 6.41. The van der Waals surface area contributed by atoms with E-state index < -0.39 is 0 Å². The minimum atomic E-state index is -0.360. The normalized spacial score (nSPS) is 16.8. The van der Waals surface area contributed by atoms with Crippen LogP contribution in [-0.4, -0.2) is 60.4 Å². The molecule has 2 rings (SSSR count). The largest absolute Gasteiger partial charge is 0.353 e. The molecular weight excluding hydrogens is 309 g/mol. The maximum absolute atomic E-state index is 13.6. The van der Waals surface area contributed by atoms with Crippen LogP contribution in [0.25, 0.3) is 0 Å². The van der Waals surface area contributed by atoms with E-state index in [1.807, 2.05) is 18.7 Å². The summed E-state index contributed by atoms with van der Waals surface area (Å²) < 4.78 is 13.6. The van der Waals surface area contributed by atoms with E-state index in [4.69, 9.17) is 0 Å². The molecule has 1 aliphatic heterocycles. The lowest BCUT2D eigenvalue weighted by molar-refractivity contribution is -0.123. The average molecular weight is 335 g/mol. The molecule has 1 aliphatic rings. The first-order valence-electron chi connectivity index (χ1n) is 8.47. The highest BCUT2D eigenvalue weighted by Crippen LogP contribution is 2.13. The molecule has 0 radical (unpaired) electrons. The molecule has 132 valence electrons. The smallest absolute Gasteiger partial charge is 0.254 e. The van der Waals surface area contributed by atoms with Gasteiger partial charge >= 0.3 is 0 Å². The van der Waals surface area contributed by atoms with Crippen molar-refractivity contribution in [2.75, 3.05) is 32.7 Å². The number of hydrogen-bond donors (Lipinski definition) is 1. The Morgan fingerprint density at radius 2 is 1.92 bits per heavy atom. The minimum Gasteiger partial charge on any atom is -0.353 e. The third-order valence-electron chi connectivity index (χ3n) is 4.47. The maximum atomic E-state index is 13.6. The molecule has 1 N–H and O–H groups in total. The van der Waals surface area contributed by atoms with Gasteiger partial charge in [-0.2, -0.15) is 0 Å². The number of carbonyl (C=O) groups is 2. The zero-order valence-electron chi connectivity index (χ0n) is 14.6. The number of benzene rings is 1. The quantitative estimate of drug-likeness (QED) is 0.893. The molecule has 1 aromatic carbocycles. The van der Waals surface area contributed by atoms with E-state index in [2.05, 4.69) is 5.32 Å². The van der Waals surface area contributed by atoms with Crippen molar-refractivity contribution in [3.8, 4) is 0 Å². The van der Waals surface area contributed by atoms with Gasteiger partial charge < -0.3 is 10.2 Å². The molecule has 2 amide bonds. The fraction of sp³-hybridized carbons (Fsp3) is 0.556. The average Bonchev–Trinajstić information content (AvgIpc) is 2.57. The van der Waals surface area contributed by atoms with E-state index in [0.29, 0.717) is 43.9 Å². The summed E-state index contributed by atoms with van der Waals surface area (Å²) in [4.78, 5) is 28.1. The SMILES string of the molecule is CCC(C)NC(=O)CN1CCN(C(=O)c2ccc(C)c(F)c2)CC1. The third-order valence-corrected chi connectivity index (χ3v) is 4.47. The number of nitrogens with zero attached hydrogens (tertiary/aromatic N) is 2. The predicted octanol–water partition coefficient (Wildman–Crippen LogP) is 1.81. The summed E-state index contributed by atoms with van der Waals surface area (Å²) in [7, 11) is 0. The summed E-state index contributed by atoms with van der Waals surface area (Å²) in [6.45, 7) is 8.43. The second kappa shape index (κ2) is 8.24. The lowest BCUT2D eigenvalue weighted by Gasteiger charge is -2.34. The van der Waals surface area contributed by atoms with Crippen molar-refractivity contribution in [3.63, 3.8) is 0 Å². The fourth-order valence-corrected chi connectivity index (χ4v) is 2.64. The summed E-state index contributed by atoms with van der Waals surface area (Å²) in [6, 6.07) is 4.76. The lowest BCUT2D eigenvalue weighted by Crippen LogP contribution is -2.51. The van der Waals surface area contributed by atoms with Gasteiger partial charge in [-0.3, -0.25) is 14.5 Å². The molecule has 0 aliphatic carbocycles. The first-order valence-corrected chi connectivity index (χ1v) is 8.47. The Balaban J connectivity index is 1.84. The van der Waals surface area contributed by atoms with Gasteiger partial charge in [-0.25, -0.2) is 4.39 Å². The molecule has 1 aromatic rings. The molecule has 0 aromatic heterocycles. The molecular formula is C18H26FN3O2. The summed E-state index contributed by atoms with van der Waals surface area (Å²) in [5, 5.41) is 2.95. The Morgan fingerprint density at radius 1 is 1.25 bits per heavy atom. The van der Waals surface area contributed by atoms with Crippen LogP contribution in [0.1, 0.15) is 36.2 Å². The molecule has 0 spiro atoms. The van der Waals surface area contributed by atoms with Gasteiger partial charge in [0.1, 0.15) is 5.82 Å². The number of hydrogen-bond acceptors (Lipinski definition) is 3. The van der Waals surface area contributed by atoms with E-state index in [-0.39, 0.29) is 23.7 Å². The highest BCUT2D eigenvalue weighted by atomic mass is 19.1. The molecule has 1 fully saturated rings. The number of carbonyl (C=O) groups excluding carboxylic acids is 2. The van der Waals surface area contributed by atoms with Crippen molar-refractivity contribution >= 4 is 11.8 Å². The van der Waals surface area contributed by atoms with Gasteiger partial charge in [-0.15, -0.1) is 0 Å². The third kappa shape index (κ3) is 4.77. The standard InChI is InChI=1S/C18H26FN3O2/c1-4-14(3)20-17(23)12-21-7-9-22(10-8-21)18(24)15-6-5-13(2)16(19)11-15/h5-6,11,14H,4,7-10,12H2,1-3H3,(H,20,23). The van der Waals surface area contributed by atoms with Crippen molar-refractivity contribution in [2.45, 2.75) is 33.2 Å². The van der Waals surface area contributed by atoms with Gasteiger partial charge in [-0.05, 0) is 38.0 Å². The van der Waals surface area contributed by atoms with Crippen molar-refractivity contribution in [2.24, 2.45) is 0 Å². The summed E-state index contributed by atoms with van der Waals surface area (Å²) in [6.07, 6.45) is 0.904. The Morgan fingerprint density at radius 3 is 2.50 bits per heavy atom. The van der Waals surface area contributed by atoms with Crippen molar-refractivity contribution < 1.29 is 14.0 Å². The van der Waals surface area contributed by atoms with Crippen molar-refractivity contribution in [1.82, 2.24) is 15.1 Å². The van der Waals surface area contributed by atoms with Crippen molar-refractivity contribution in [3.05, 3.63) is 35.1 Å². The van der Waals surface area contributed by atoms with Crippen LogP contribution in [0, 0.1) is 12.7 Å². The molecule has 1 heterocycles. The van der Waals surface area contributed by atoms with Crippen LogP contribution >= 0.6 is 0 Å². The van der Waals surface area contributed by atoms with Crippen LogP contribution in [0.5, 0.6) is 0 Å². The topological polar surface area (TPSA) is 52.7 Å². The summed E-state index contributed by atoms with van der Waals surface area (Å²) >= 11 is 0. The van der Waals surface area contributed by atoms with E-state index in [0.717, 1.165) is 6.42 Å². The zero-order valence-corrected chi connectivity index (χ0v) is 14.6. The Labute approximate surface area is 142 Å². The molecule has 0 saturated carbocycles. The molecule has 6 heteroatoms. The molecule has 1 unspecified atom stereocenters. The number of aryl methyl sites for hydroxylation is 1. The first-order chi connectivity index (χ1) is 11.4. The van der Waals surface area contributed by atoms with Gasteiger partial charge in [0.2, 0.25) is 5.91 Å². The van der Waals surface area contributed by atoms with Crippen LogP contribution in [0.2, 0.25) is 0 Å². The van der Waals surface area contributed by atoms with Gasteiger partial charge in [0.15, 0.2) is 0 Å². The van der Waals surface area contributed by atoms with Crippen LogP contribution in [-0.2, 0) is 4.79 Å². The van der Waals surface area contributed by atoms with Gasteiger partial charge in [0.25, 0.3) is 5.91 Å². The Bertz CT molecular complexity index is 598. The van der Waals surface area contributed by atoms with Crippen LogP contribution in [0.4, 0.5) is 4.39 Å². The molecule has 5 nitrogen and oxygen atoms in total. The highest BCUT2D eigenvalue weighted by molar-refractivity contribution is 5.94. The van der Waals surface area contributed by atoms with Gasteiger partial charge in [0, 0.05) is 37.8 Å². The highest BCUT2D eigenvalue weighted by Gasteiger charge is 2.23. The number of piperazine rings is 1. The van der Waals surface area contributed by atoms with Gasteiger partial charge in [-0.1, -0.05) is 13.0 Å². The van der Waals surface area contributed by atoms with E-state index in [9.17, 15) is 14.0 Å². The number of rotatable bonds is 5. The molecule has 0 bridgehead atoms. The van der Waals surface area contributed by atoms with Crippen LogP contribution in [0.15, 0.2) is 18.2 Å². The fourth-order valence-electron chi connectivity index (χ4n) is 2.64. The number of halogens is 1. The maximum Gasteiger partial charge on any atom is 0.254 e. The van der Waals surface area contributed by atoms with E-state index >= 15 is 0 Å². The molecule has 24 heavy (non-hydrogen) atoms. The summed E-state index contributed by atoms with van der Waals surface area (Å²) in [5.41, 5.74) is 0.907. The molecule has 1 atom stereocenters. The van der Waals surface area contributed by atoms with Gasteiger partial charge in [0.05, 0.1) is 6.54 Å². The minimum absolute atomic E-state index is 0.0183. The number of amides is 2. The van der Waals surface area contributed by atoms with Crippen LogP contribution in [0.3, 0.4) is 0 Å². The summed E-state index contributed by atoms with van der Waals surface area (Å²) in [5.74, 6) is -0.497. The van der Waals surface area contributed by atoms with Crippen LogP contribution < -0.4 is 5.32 Å². The van der Waals surface area contributed by atoms with E-state index in [1.165, 1.54) is 6.07 Å². The predicted molar refractivity (Wildman–Crippen MR) is 91.4 cm³/mol. The second-order valence-corrected chi connectivity index (χ2v) is 6.41. The van der Waals surface area contributed by atoms with E-state index in [1.54, 1.807) is 24.0 Å². The Hall–Kier alpha value is -1.95. The lowest BCUT2D eigenvalue weighted by atomic mass is 10.1. The first kappa shape index (κ1) is 18.4. The number of nitrogens with one attached hydrogen (secondary N) is 1. The zero-order chi connectivity index (χ0) is 17.7. The van der Waals surface area contributed by atoms with Crippen molar-refractivity contribution in [1.29, 1.82) is 0 Å². The Kier molecular flexibility index (Phi) is 6.31. The molecule has 1 saturated heterocycles. The monoisotopic (exact) mass is 335 g/mol.